The van der Waals surface area contributed by atoms with Gasteiger partial charge in [0.25, 0.3) is 0 Å². The molecule has 0 radical (unpaired) electrons. The van der Waals surface area contributed by atoms with Gasteiger partial charge in [-0.15, -0.1) is 0 Å². The Bertz CT molecular complexity index is 146. The number of hydrogen-bond acceptors (Lipinski definition) is 2. The maximum absolute atomic E-state index is 2.46. The van der Waals surface area contributed by atoms with Crippen LogP contribution in [-0.4, -0.2) is 50.1 Å². The zero-order valence-electron chi connectivity index (χ0n) is 12.1. The predicted octanol–water partition coefficient (Wildman–Crippen LogP) is 3.23. The maximum atomic E-state index is 2.46. The standard InChI is InChI=1S/C14H32N2/c1-6-7-8-9-10-11-12-16(5)13-14(2)15(3)4/h14H,6-13H2,1-5H3. The number of likely N-dealkylation sites (N-methyl/N-ethyl adjacent to an activating group) is 2. The number of nitrogens with zero attached hydrogens (tertiary/aromatic N) is 2. The van der Waals surface area contributed by atoms with Crippen molar-refractivity contribution in [2.45, 2.75) is 58.4 Å². The van der Waals surface area contributed by atoms with Gasteiger partial charge >= 0.3 is 0 Å². The number of unbranched alkanes of at least 4 members (excludes halogenated alkanes) is 5. The van der Waals surface area contributed by atoms with Crippen LogP contribution >= 0.6 is 0 Å². The van der Waals surface area contributed by atoms with E-state index in [1.807, 2.05) is 0 Å². The third kappa shape index (κ3) is 9.17. The topological polar surface area (TPSA) is 6.48 Å². The highest BCUT2D eigenvalue weighted by atomic mass is 15.2. The first-order valence-electron chi connectivity index (χ1n) is 6.93. The minimum Gasteiger partial charge on any atom is -0.305 e. The lowest BCUT2D eigenvalue weighted by molar-refractivity contribution is 0.217. The van der Waals surface area contributed by atoms with Gasteiger partial charge < -0.3 is 9.80 Å². The fraction of sp³-hybridized carbons (Fsp3) is 1.00. The molecular formula is C14H32N2. The Morgan fingerprint density at radius 3 is 2.00 bits per heavy atom. The van der Waals surface area contributed by atoms with Crippen LogP contribution in [0.15, 0.2) is 0 Å². The summed E-state index contributed by atoms with van der Waals surface area (Å²) in [6.07, 6.45) is 8.37. The molecule has 1 unspecified atom stereocenters. The van der Waals surface area contributed by atoms with Crippen molar-refractivity contribution < 1.29 is 0 Å². The van der Waals surface area contributed by atoms with Crippen LogP contribution in [0.5, 0.6) is 0 Å². The normalized spacial score (nSPS) is 13.7. The van der Waals surface area contributed by atoms with E-state index < -0.39 is 0 Å². The van der Waals surface area contributed by atoms with Crippen molar-refractivity contribution in [1.29, 1.82) is 0 Å². The monoisotopic (exact) mass is 228 g/mol. The molecule has 2 heteroatoms. The molecule has 0 aromatic heterocycles. The van der Waals surface area contributed by atoms with Crippen LogP contribution in [0.3, 0.4) is 0 Å². The number of rotatable bonds is 10. The van der Waals surface area contributed by atoms with Crippen LogP contribution in [-0.2, 0) is 0 Å². The summed E-state index contributed by atoms with van der Waals surface area (Å²) >= 11 is 0. The predicted molar refractivity (Wildman–Crippen MR) is 74.0 cm³/mol. The zero-order valence-corrected chi connectivity index (χ0v) is 12.1. The van der Waals surface area contributed by atoms with Crippen molar-refractivity contribution >= 4 is 0 Å². The molecule has 0 N–H and O–H groups in total. The fourth-order valence-corrected chi connectivity index (χ4v) is 1.87. The first kappa shape index (κ1) is 15.9. The van der Waals surface area contributed by atoms with Gasteiger partial charge in [-0.2, -0.15) is 0 Å². The van der Waals surface area contributed by atoms with Crippen molar-refractivity contribution in [3.63, 3.8) is 0 Å². The molecule has 0 fully saturated rings. The molecule has 0 saturated heterocycles. The molecule has 0 saturated carbocycles. The molecule has 0 rings (SSSR count). The minimum absolute atomic E-state index is 0.657. The molecule has 0 aromatic rings. The Morgan fingerprint density at radius 1 is 0.875 bits per heavy atom. The minimum atomic E-state index is 0.657. The molecule has 98 valence electrons. The Labute approximate surface area is 103 Å². The molecule has 0 bridgehead atoms. The largest absolute Gasteiger partial charge is 0.305 e. The average Bonchev–Trinajstić information content (AvgIpc) is 2.23. The van der Waals surface area contributed by atoms with E-state index in [2.05, 4.69) is 44.8 Å². The fourth-order valence-electron chi connectivity index (χ4n) is 1.87. The molecule has 0 aliphatic carbocycles. The Kier molecular flexibility index (Phi) is 10.0. The molecule has 0 aliphatic heterocycles. The second kappa shape index (κ2) is 10.1. The van der Waals surface area contributed by atoms with E-state index in [1.54, 1.807) is 0 Å². The Morgan fingerprint density at radius 2 is 1.44 bits per heavy atom. The molecule has 1 atom stereocenters. The quantitative estimate of drug-likeness (QED) is 0.530. The van der Waals surface area contributed by atoms with Crippen LogP contribution in [0, 0.1) is 0 Å². The highest BCUT2D eigenvalue weighted by molar-refractivity contribution is 4.64. The van der Waals surface area contributed by atoms with Gasteiger partial charge in [-0.1, -0.05) is 39.0 Å². The summed E-state index contributed by atoms with van der Waals surface area (Å²) in [6.45, 7) is 7.00. The first-order valence-corrected chi connectivity index (χ1v) is 6.93. The summed E-state index contributed by atoms with van der Waals surface area (Å²) in [5, 5.41) is 0. The Hall–Kier alpha value is -0.0800. The summed E-state index contributed by atoms with van der Waals surface area (Å²) < 4.78 is 0. The maximum Gasteiger partial charge on any atom is 0.0188 e. The first-order chi connectivity index (χ1) is 7.57. The van der Waals surface area contributed by atoms with E-state index in [4.69, 9.17) is 0 Å². The summed E-state index contributed by atoms with van der Waals surface area (Å²) in [4.78, 5) is 4.75. The highest BCUT2D eigenvalue weighted by Gasteiger charge is 2.07. The van der Waals surface area contributed by atoms with Gasteiger partial charge in [0.2, 0.25) is 0 Å². The van der Waals surface area contributed by atoms with Crippen LogP contribution < -0.4 is 0 Å². The summed E-state index contributed by atoms with van der Waals surface area (Å²) in [5.41, 5.74) is 0. The lowest BCUT2D eigenvalue weighted by Gasteiger charge is -2.25. The van der Waals surface area contributed by atoms with Crippen LogP contribution in [0.2, 0.25) is 0 Å². The second-order valence-electron chi connectivity index (χ2n) is 5.34. The van der Waals surface area contributed by atoms with Crippen LogP contribution in [0.1, 0.15) is 52.4 Å². The Balaban J connectivity index is 3.33. The van der Waals surface area contributed by atoms with Crippen LogP contribution in [0.4, 0.5) is 0 Å². The van der Waals surface area contributed by atoms with E-state index in [0.29, 0.717) is 6.04 Å². The molecule has 0 aliphatic rings. The van der Waals surface area contributed by atoms with Crippen LogP contribution in [0.25, 0.3) is 0 Å². The third-order valence-corrected chi connectivity index (χ3v) is 3.35. The van der Waals surface area contributed by atoms with Gasteiger partial charge in [-0.3, -0.25) is 0 Å². The van der Waals surface area contributed by atoms with E-state index in [1.165, 1.54) is 51.6 Å². The molecular weight excluding hydrogens is 196 g/mol. The van der Waals surface area contributed by atoms with Crippen molar-refractivity contribution in [1.82, 2.24) is 9.80 Å². The van der Waals surface area contributed by atoms with E-state index in [0.717, 1.165) is 0 Å². The molecule has 16 heavy (non-hydrogen) atoms. The smallest absolute Gasteiger partial charge is 0.0188 e. The second-order valence-corrected chi connectivity index (χ2v) is 5.34. The van der Waals surface area contributed by atoms with Gasteiger partial charge in [0.15, 0.2) is 0 Å². The SMILES string of the molecule is CCCCCCCCN(C)CC(C)N(C)C. The van der Waals surface area contributed by atoms with Gasteiger partial charge in [0, 0.05) is 12.6 Å². The highest BCUT2D eigenvalue weighted by Crippen LogP contribution is 2.06. The molecule has 0 spiro atoms. The summed E-state index contributed by atoms with van der Waals surface area (Å²) in [6, 6.07) is 0.657. The van der Waals surface area contributed by atoms with Gasteiger partial charge in [-0.25, -0.2) is 0 Å². The van der Waals surface area contributed by atoms with E-state index >= 15 is 0 Å². The third-order valence-electron chi connectivity index (χ3n) is 3.35. The van der Waals surface area contributed by atoms with Crippen molar-refractivity contribution in [2.75, 3.05) is 34.2 Å². The zero-order chi connectivity index (χ0) is 12.4. The average molecular weight is 228 g/mol. The molecule has 0 amide bonds. The molecule has 0 aromatic carbocycles. The van der Waals surface area contributed by atoms with Gasteiger partial charge in [0.1, 0.15) is 0 Å². The van der Waals surface area contributed by atoms with Gasteiger partial charge in [-0.05, 0) is 41.0 Å². The van der Waals surface area contributed by atoms with Crippen molar-refractivity contribution in [2.24, 2.45) is 0 Å². The molecule has 2 nitrogen and oxygen atoms in total. The molecule has 0 heterocycles. The summed E-state index contributed by atoms with van der Waals surface area (Å²) in [5.74, 6) is 0. The van der Waals surface area contributed by atoms with Gasteiger partial charge in [0.05, 0.1) is 0 Å². The number of hydrogen-bond donors (Lipinski definition) is 0. The lowest BCUT2D eigenvalue weighted by Crippen LogP contribution is -2.36. The summed E-state index contributed by atoms with van der Waals surface area (Å²) in [7, 11) is 6.55. The lowest BCUT2D eigenvalue weighted by atomic mass is 10.1. The van der Waals surface area contributed by atoms with Crippen molar-refractivity contribution in [3.8, 4) is 0 Å². The van der Waals surface area contributed by atoms with Crippen molar-refractivity contribution in [3.05, 3.63) is 0 Å². The van der Waals surface area contributed by atoms with E-state index in [9.17, 15) is 0 Å². The van der Waals surface area contributed by atoms with E-state index in [-0.39, 0.29) is 0 Å².